The third kappa shape index (κ3) is 4.33. The Balaban J connectivity index is 1.63. The molecule has 2 N–H and O–H groups in total. The van der Waals surface area contributed by atoms with Crippen molar-refractivity contribution in [1.82, 2.24) is 20.3 Å². The van der Waals surface area contributed by atoms with Gasteiger partial charge < -0.3 is 28.5 Å². The largest absolute Gasteiger partial charge is 0.506 e. The number of nitrogens with zero attached hydrogens (tertiary/aromatic N) is 3. The lowest BCUT2D eigenvalue weighted by Gasteiger charge is -2.18. The van der Waals surface area contributed by atoms with Crippen molar-refractivity contribution in [3.8, 4) is 39.8 Å². The number of H-pyrrole nitrogens is 1. The van der Waals surface area contributed by atoms with Gasteiger partial charge in [0.1, 0.15) is 28.5 Å². The van der Waals surface area contributed by atoms with Gasteiger partial charge in [0.15, 0.2) is 5.58 Å². The molecular formula is C27H24N4O6. The van der Waals surface area contributed by atoms with E-state index in [-0.39, 0.29) is 29.5 Å². The predicted molar refractivity (Wildman–Crippen MR) is 136 cm³/mol. The van der Waals surface area contributed by atoms with E-state index in [1.807, 2.05) is 24.3 Å². The van der Waals surface area contributed by atoms with Crippen molar-refractivity contribution >= 4 is 11.0 Å². The lowest BCUT2D eigenvalue weighted by Crippen LogP contribution is -2.14. The van der Waals surface area contributed by atoms with Crippen LogP contribution in [0.1, 0.15) is 23.7 Å². The highest BCUT2D eigenvalue weighted by atomic mass is 16.5. The topological polar surface area (TPSA) is 136 Å². The Morgan fingerprint density at radius 3 is 2.51 bits per heavy atom. The number of aromatic hydroxyl groups is 1. The number of rotatable bonds is 9. The first-order valence-corrected chi connectivity index (χ1v) is 11.5. The number of pyridine rings is 1. The minimum atomic E-state index is -0.573. The van der Waals surface area contributed by atoms with E-state index in [2.05, 4.69) is 26.9 Å². The Bertz CT molecular complexity index is 1630. The van der Waals surface area contributed by atoms with Gasteiger partial charge in [-0.25, -0.2) is 0 Å². The quantitative estimate of drug-likeness (QED) is 0.277. The Kier molecular flexibility index (Phi) is 6.46. The van der Waals surface area contributed by atoms with E-state index in [0.29, 0.717) is 52.4 Å². The van der Waals surface area contributed by atoms with Crippen LogP contribution in [0.5, 0.6) is 17.2 Å². The van der Waals surface area contributed by atoms with Crippen molar-refractivity contribution in [1.29, 1.82) is 0 Å². The summed E-state index contributed by atoms with van der Waals surface area (Å²) in [6.07, 6.45) is 2.89. The van der Waals surface area contributed by atoms with Crippen LogP contribution >= 0.6 is 0 Å². The molecule has 0 amide bonds. The Morgan fingerprint density at radius 2 is 1.78 bits per heavy atom. The van der Waals surface area contributed by atoms with Crippen LogP contribution in [0.2, 0.25) is 0 Å². The average molecular weight is 501 g/mol. The second kappa shape index (κ2) is 10.0. The van der Waals surface area contributed by atoms with Crippen LogP contribution in [0.3, 0.4) is 0 Å². The molecule has 10 nitrogen and oxygen atoms in total. The molecule has 5 rings (SSSR count). The SMILES string of the molecule is C=CCCc1[nH]c(=O)c(-c2nnc(Cc3noc4ccccc34)o2)c(O)c1-c1c(OC)cccc1OC. The number of ether oxygens (including phenoxy) is 2. The number of nitrogens with one attached hydrogen (secondary N) is 1. The molecule has 0 aliphatic carbocycles. The number of allylic oxidation sites excluding steroid dienone is 1. The normalized spacial score (nSPS) is 11.1. The van der Waals surface area contributed by atoms with Crippen LogP contribution in [0.15, 0.2) is 68.9 Å². The highest BCUT2D eigenvalue weighted by Gasteiger charge is 2.27. The van der Waals surface area contributed by atoms with Crippen molar-refractivity contribution in [2.45, 2.75) is 19.3 Å². The summed E-state index contributed by atoms with van der Waals surface area (Å²) in [5, 5.41) is 24.5. The lowest BCUT2D eigenvalue weighted by atomic mass is 9.96. The van der Waals surface area contributed by atoms with Crippen molar-refractivity contribution in [2.75, 3.05) is 14.2 Å². The average Bonchev–Trinajstić information content (AvgIpc) is 3.54. The van der Waals surface area contributed by atoms with E-state index in [4.69, 9.17) is 18.4 Å². The van der Waals surface area contributed by atoms with Gasteiger partial charge >= 0.3 is 0 Å². The molecular weight excluding hydrogens is 476 g/mol. The number of fused-ring (bicyclic) bond motifs is 1. The summed E-state index contributed by atoms with van der Waals surface area (Å²) in [5.74, 6) is 0.660. The van der Waals surface area contributed by atoms with Crippen LogP contribution in [0, 0.1) is 0 Å². The molecule has 0 saturated heterocycles. The summed E-state index contributed by atoms with van der Waals surface area (Å²) < 4.78 is 22.3. The molecule has 0 fully saturated rings. The Labute approximate surface area is 211 Å². The molecule has 10 heteroatoms. The second-order valence-electron chi connectivity index (χ2n) is 8.20. The maximum absolute atomic E-state index is 13.2. The van der Waals surface area contributed by atoms with Gasteiger partial charge in [-0.05, 0) is 37.1 Å². The van der Waals surface area contributed by atoms with E-state index in [9.17, 15) is 9.90 Å². The van der Waals surface area contributed by atoms with E-state index in [1.54, 1.807) is 24.3 Å². The second-order valence-corrected chi connectivity index (χ2v) is 8.20. The smallest absolute Gasteiger partial charge is 0.264 e. The zero-order chi connectivity index (χ0) is 25.9. The fraction of sp³-hybridized carbons (Fsp3) is 0.185. The van der Waals surface area contributed by atoms with Crippen molar-refractivity contribution in [2.24, 2.45) is 0 Å². The molecule has 5 aromatic rings. The van der Waals surface area contributed by atoms with Gasteiger partial charge in [-0.2, -0.15) is 0 Å². The first-order chi connectivity index (χ1) is 18.0. The maximum Gasteiger partial charge on any atom is 0.264 e. The number of aromatic nitrogens is 4. The zero-order valence-corrected chi connectivity index (χ0v) is 20.3. The summed E-state index contributed by atoms with van der Waals surface area (Å²) in [6, 6.07) is 12.7. The number of aryl methyl sites for hydroxylation is 1. The van der Waals surface area contributed by atoms with Crippen LogP contribution in [-0.2, 0) is 12.8 Å². The lowest BCUT2D eigenvalue weighted by molar-refractivity contribution is 0.396. The number of methoxy groups -OCH3 is 2. The fourth-order valence-electron chi connectivity index (χ4n) is 4.27. The molecule has 0 aliphatic rings. The molecule has 188 valence electrons. The summed E-state index contributed by atoms with van der Waals surface area (Å²) in [5.41, 5.74) is 1.83. The van der Waals surface area contributed by atoms with Crippen molar-refractivity contribution < 1.29 is 23.5 Å². The molecule has 37 heavy (non-hydrogen) atoms. The van der Waals surface area contributed by atoms with Gasteiger partial charge in [0.25, 0.3) is 11.4 Å². The molecule has 0 bridgehead atoms. The van der Waals surface area contributed by atoms with E-state index < -0.39 is 5.56 Å². The summed E-state index contributed by atoms with van der Waals surface area (Å²) in [6.45, 7) is 3.76. The number of hydrogen-bond donors (Lipinski definition) is 2. The van der Waals surface area contributed by atoms with Crippen molar-refractivity contribution in [3.05, 3.63) is 82.8 Å². The molecule has 0 aliphatic heterocycles. The van der Waals surface area contributed by atoms with Gasteiger partial charge in [0.2, 0.25) is 5.89 Å². The molecule has 0 radical (unpaired) electrons. The molecule has 3 heterocycles. The predicted octanol–water partition coefficient (Wildman–Crippen LogP) is 4.67. The van der Waals surface area contributed by atoms with E-state index in [1.165, 1.54) is 14.2 Å². The van der Waals surface area contributed by atoms with Crippen LogP contribution in [0.4, 0.5) is 0 Å². The van der Waals surface area contributed by atoms with Gasteiger partial charge in [0.05, 0.1) is 31.8 Å². The summed E-state index contributed by atoms with van der Waals surface area (Å²) >= 11 is 0. The highest BCUT2D eigenvalue weighted by Crippen LogP contribution is 2.46. The fourth-order valence-corrected chi connectivity index (χ4v) is 4.27. The molecule has 2 aromatic carbocycles. The zero-order valence-electron chi connectivity index (χ0n) is 20.3. The number of para-hydroxylation sites is 1. The standard InChI is InChI=1S/C27H24N4O6/c1-4-5-10-16-22(23-19(34-2)12-8-13-20(23)35-3)25(32)24(26(33)28-16)27-30-29-21(36-27)14-17-15-9-6-7-11-18(15)37-31-17/h4,6-9,11-13H,1,5,10,14H2,2-3H3,(H2,28,32,33). The van der Waals surface area contributed by atoms with E-state index in [0.717, 1.165) is 5.39 Å². The van der Waals surface area contributed by atoms with Crippen LogP contribution in [0.25, 0.3) is 33.6 Å². The maximum atomic E-state index is 13.2. The van der Waals surface area contributed by atoms with Crippen LogP contribution < -0.4 is 15.0 Å². The third-order valence-corrected chi connectivity index (χ3v) is 5.99. The number of hydrogen-bond acceptors (Lipinski definition) is 9. The minimum Gasteiger partial charge on any atom is -0.506 e. The van der Waals surface area contributed by atoms with Gasteiger partial charge in [0, 0.05) is 11.1 Å². The van der Waals surface area contributed by atoms with Crippen molar-refractivity contribution in [3.63, 3.8) is 0 Å². The number of benzene rings is 2. The molecule has 0 unspecified atom stereocenters. The molecule has 3 aromatic heterocycles. The first kappa shape index (κ1) is 23.9. The first-order valence-electron chi connectivity index (χ1n) is 11.5. The number of aromatic amines is 1. The summed E-state index contributed by atoms with van der Waals surface area (Å²) in [4.78, 5) is 16.0. The van der Waals surface area contributed by atoms with Gasteiger partial charge in [-0.1, -0.05) is 29.4 Å². The highest BCUT2D eigenvalue weighted by molar-refractivity contribution is 5.87. The molecule has 0 spiro atoms. The van der Waals surface area contributed by atoms with Gasteiger partial charge in [-0.3, -0.25) is 4.79 Å². The molecule has 0 atom stereocenters. The third-order valence-electron chi connectivity index (χ3n) is 5.99. The Hall–Kier alpha value is -4.86. The Morgan fingerprint density at radius 1 is 1.03 bits per heavy atom. The summed E-state index contributed by atoms with van der Waals surface area (Å²) in [7, 11) is 3.03. The van der Waals surface area contributed by atoms with E-state index >= 15 is 0 Å². The van der Waals surface area contributed by atoms with Crippen LogP contribution in [-0.4, -0.2) is 39.7 Å². The monoisotopic (exact) mass is 500 g/mol. The molecule has 0 saturated carbocycles. The minimum absolute atomic E-state index is 0.132. The van der Waals surface area contributed by atoms with Gasteiger partial charge in [-0.15, -0.1) is 16.8 Å².